The van der Waals surface area contributed by atoms with Gasteiger partial charge in [-0.2, -0.15) is 0 Å². The number of carbonyl (C=O) groups is 3. The molecule has 3 amide bonds. The second kappa shape index (κ2) is 15.8. The number of thioether (sulfide) groups is 1. The summed E-state index contributed by atoms with van der Waals surface area (Å²) in [4.78, 5) is 40.3. The first-order valence-electron chi connectivity index (χ1n) is 14.2. The average molecular weight is 644 g/mol. The number of amides is 3. The highest BCUT2D eigenvalue weighted by atomic mass is 35.5. The van der Waals surface area contributed by atoms with Gasteiger partial charge in [0.25, 0.3) is 11.8 Å². The molecule has 0 bridgehead atoms. The van der Waals surface area contributed by atoms with E-state index in [-0.39, 0.29) is 11.6 Å². The largest absolute Gasteiger partial charge is 0.495 e. The molecule has 0 aliphatic rings. The molecule has 0 aliphatic carbocycles. The quantitative estimate of drug-likeness (QED) is 0.109. The van der Waals surface area contributed by atoms with Crippen molar-refractivity contribution in [3.8, 4) is 11.5 Å². The minimum atomic E-state index is -0.508. The number of methoxy groups -OCH3 is 1. The van der Waals surface area contributed by atoms with Gasteiger partial charge in [-0.25, -0.2) is 0 Å². The first-order chi connectivity index (χ1) is 21.7. The Kier molecular flexibility index (Phi) is 11.7. The van der Waals surface area contributed by atoms with Gasteiger partial charge in [-0.15, -0.1) is 11.8 Å². The summed E-state index contributed by atoms with van der Waals surface area (Å²) in [6.07, 6.45) is 1.60. The number of aryl methyl sites for hydroxylation is 1. The van der Waals surface area contributed by atoms with Gasteiger partial charge in [-0.1, -0.05) is 48.0 Å². The molecule has 4 rings (SSSR count). The molecule has 4 aromatic rings. The highest BCUT2D eigenvalue weighted by Gasteiger charge is 2.19. The zero-order chi connectivity index (χ0) is 32.3. The van der Waals surface area contributed by atoms with Crippen LogP contribution in [0.5, 0.6) is 11.5 Å². The number of benzene rings is 4. The molecule has 8 nitrogen and oxygen atoms in total. The van der Waals surface area contributed by atoms with E-state index in [1.165, 1.54) is 18.9 Å². The Balaban J connectivity index is 1.49. The van der Waals surface area contributed by atoms with E-state index in [4.69, 9.17) is 21.1 Å². The molecule has 0 fully saturated rings. The summed E-state index contributed by atoms with van der Waals surface area (Å²) in [5.41, 5.74) is 3.02. The molecule has 0 saturated carbocycles. The van der Waals surface area contributed by atoms with Crippen molar-refractivity contribution in [2.45, 2.75) is 30.9 Å². The van der Waals surface area contributed by atoms with Gasteiger partial charge in [-0.3, -0.25) is 14.4 Å². The maximum absolute atomic E-state index is 13.5. The molecule has 0 heterocycles. The van der Waals surface area contributed by atoms with Crippen LogP contribution in [0.2, 0.25) is 5.02 Å². The van der Waals surface area contributed by atoms with Crippen molar-refractivity contribution in [2.24, 2.45) is 0 Å². The topological polar surface area (TPSA) is 106 Å². The number of carbonyl (C=O) groups excluding carboxylic acids is 3. The number of hydrogen-bond acceptors (Lipinski definition) is 6. The summed E-state index contributed by atoms with van der Waals surface area (Å²) >= 11 is 7.53. The van der Waals surface area contributed by atoms with Gasteiger partial charge in [-0.05, 0) is 86.5 Å². The van der Waals surface area contributed by atoms with Crippen LogP contribution in [-0.2, 0) is 9.59 Å². The van der Waals surface area contributed by atoms with Gasteiger partial charge >= 0.3 is 0 Å². The molecule has 0 spiro atoms. The molecule has 45 heavy (non-hydrogen) atoms. The number of rotatable bonds is 12. The van der Waals surface area contributed by atoms with E-state index in [1.807, 2.05) is 26.0 Å². The molecule has 10 heteroatoms. The maximum atomic E-state index is 13.5. The molecule has 0 saturated heterocycles. The molecule has 4 aromatic carbocycles. The first kappa shape index (κ1) is 33.2. The summed E-state index contributed by atoms with van der Waals surface area (Å²) in [7, 11) is 1.51. The van der Waals surface area contributed by atoms with Crippen LogP contribution >= 0.6 is 23.4 Å². The third-order valence-electron chi connectivity index (χ3n) is 6.54. The van der Waals surface area contributed by atoms with Crippen LogP contribution in [0, 0.1) is 6.92 Å². The lowest BCUT2D eigenvalue weighted by Crippen LogP contribution is -2.30. The monoisotopic (exact) mass is 643 g/mol. The fraction of sp³-hybridized carbons (Fsp3) is 0.171. The van der Waals surface area contributed by atoms with Crippen LogP contribution in [0.1, 0.15) is 35.3 Å². The van der Waals surface area contributed by atoms with Crippen molar-refractivity contribution in [3.63, 3.8) is 0 Å². The molecule has 0 radical (unpaired) electrons. The number of hydrogen-bond donors (Lipinski definition) is 3. The fourth-order valence-electron chi connectivity index (χ4n) is 4.20. The second-order valence-electron chi connectivity index (χ2n) is 9.91. The van der Waals surface area contributed by atoms with Gasteiger partial charge in [0.1, 0.15) is 17.2 Å². The van der Waals surface area contributed by atoms with Crippen molar-refractivity contribution in [1.82, 2.24) is 5.32 Å². The number of anilines is 2. The maximum Gasteiger partial charge on any atom is 0.272 e. The predicted octanol–water partition coefficient (Wildman–Crippen LogP) is 7.58. The smallest absolute Gasteiger partial charge is 0.272 e. The number of halogens is 1. The van der Waals surface area contributed by atoms with E-state index in [2.05, 4.69) is 16.0 Å². The third-order valence-corrected chi connectivity index (χ3v) is 8.04. The highest BCUT2D eigenvalue weighted by Crippen LogP contribution is 2.32. The summed E-state index contributed by atoms with van der Waals surface area (Å²) in [6, 6.07) is 26.4. The van der Waals surface area contributed by atoms with Gasteiger partial charge in [0.05, 0.1) is 24.7 Å². The lowest BCUT2D eigenvalue weighted by Gasteiger charge is -2.16. The van der Waals surface area contributed by atoms with Gasteiger partial charge in [0.2, 0.25) is 5.91 Å². The van der Waals surface area contributed by atoms with Gasteiger partial charge < -0.3 is 25.4 Å². The minimum Gasteiger partial charge on any atom is -0.495 e. The molecule has 1 atom stereocenters. The lowest BCUT2D eigenvalue weighted by atomic mass is 10.1. The first-order valence-corrected chi connectivity index (χ1v) is 15.5. The Morgan fingerprint density at radius 3 is 2.36 bits per heavy atom. The Morgan fingerprint density at radius 1 is 0.933 bits per heavy atom. The fourth-order valence-corrected chi connectivity index (χ4v) is 5.28. The van der Waals surface area contributed by atoms with Crippen LogP contribution in [0.3, 0.4) is 0 Å². The molecule has 1 unspecified atom stereocenters. The minimum absolute atomic E-state index is 0.0611. The van der Waals surface area contributed by atoms with Crippen LogP contribution in [0.25, 0.3) is 6.08 Å². The average Bonchev–Trinajstić information content (AvgIpc) is 3.03. The van der Waals surface area contributed by atoms with E-state index in [0.717, 1.165) is 10.5 Å². The zero-order valence-corrected chi connectivity index (χ0v) is 26.9. The Labute approximate surface area is 272 Å². The van der Waals surface area contributed by atoms with E-state index < -0.39 is 17.1 Å². The normalized spacial score (nSPS) is 11.7. The van der Waals surface area contributed by atoms with E-state index in [1.54, 1.807) is 91.9 Å². The summed E-state index contributed by atoms with van der Waals surface area (Å²) < 4.78 is 10.9. The SMILES string of the molecule is CCOc1ccc(/C=C(/NC(=O)c2ccccc2)C(=O)Nc2cccc(SC(C)C(=O)Nc3cc(C)c(Cl)cc3OC)c2)cc1. The lowest BCUT2D eigenvalue weighted by molar-refractivity contribution is -0.115. The molecule has 3 N–H and O–H groups in total. The van der Waals surface area contributed by atoms with Gasteiger partial charge in [0, 0.05) is 27.2 Å². The molecule has 0 aromatic heterocycles. The van der Waals surface area contributed by atoms with Crippen LogP contribution in [0.15, 0.2) is 102 Å². The van der Waals surface area contributed by atoms with E-state index in [0.29, 0.717) is 45.6 Å². The van der Waals surface area contributed by atoms with E-state index >= 15 is 0 Å². The Hall–Kier alpha value is -4.73. The number of ether oxygens (including phenoxy) is 2. The number of nitrogens with one attached hydrogen (secondary N) is 3. The van der Waals surface area contributed by atoms with E-state index in [9.17, 15) is 14.4 Å². The Morgan fingerprint density at radius 2 is 1.67 bits per heavy atom. The van der Waals surface area contributed by atoms with Crippen LogP contribution in [0.4, 0.5) is 11.4 Å². The molecule has 0 aliphatic heterocycles. The van der Waals surface area contributed by atoms with Crippen molar-refractivity contribution in [3.05, 3.63) is 118 Å². The second-order valence-corrected chi connectivity index (χ2v) is 11.7. The summed E-state index contributed by atoms with van der Waals surface area (Å²) in [6.45, 7) is 6.07. The summed E-state index contributed by atoms with van der Waals surface area (Å²) in [5.74, 6) is 0.0208. The molecular weight excluding hydrogens is 610 g/mol. The van der Waals surface area contributed by atoms with Crippen molar-refractivity contribution >= 4 is 58.5 Å². The van der Waals surface area contributed by atoms with Crippen LogP contribution < -0.4 is 25.4 Å². The van der Waals surface area contributed by atoms with Gasteiger partial charge in [0.15, 0.2) is 0 Å². The zero-order valence-electron chi connectivity index (χ0n) is 25.3. The third kappa shape index (κ3) is 9.38. The highest BCUT2D eigenvalue weighted by molar-refractivity contribution is 8.00. The summed E-state index contributed by atoms with van der Waals surface area (Å²) in [5, 5.41) is 8.59. The predicted molar refractivity (Wildman–Crippen MR) is 181 cm³/mol. The molecule has 232 valence electrons. The Bertz CT molecular complexity index is 1690. The van der Waals surface area contributed by atoms with Crippen molar-refractivity contribution < 1.29 is 23.9 Å². The van der Waals surface area contributed by atoms with Crippen molar-refractivity contribution in [1.29, 1.82) is 0 Å². The van der Waals surface area contributed by atoms with Crippen LogP contribution in [-0.4, -0.2) is 36.7 Å². The van der Waals surface area contributed by atoms with Crippen molar-refractivity contribution in [2.75, 3.05) is 24.4 Å². The standard InChI is InChI=1S/C35H34ClN3O5S/c1-5-44-27-16-14-24(15-17-27)19-31(39-34(41)25-10-7-6-8-11-25)35(42)37-26-12-9-13-28(20-26)45-23(3)33(40)38-30-18-22(2)29(36)21-32(30)43-4/h6-21,23H,5H2,1-4H3,(H,37,42)(H,38,40)(H,39,41)/b31-19+. The molecular formula is C35H34ClN3O5S.